The third kappa shape index (κ3) is 2.36. The van der Waals surface area contributed by atoms with Crippen molar-refractivity contribution in [2.24, 2.45) is 0 Å². The first-order valence-corrected chi connectivity index (χ1v) is 5.55. The number of ketones is 1. The molecule has 0 radical (unpaired) electrons. The quantitative estimate of drug-likeness (QED) is 0.543. The van der Waals surface area contributed by atoms with Crippen LogP contribution in [0.2, 0.25) is 0 Å². The highest BCUT2D eigenvalue weighted by molar-refractivity contribution is 7.08. The van der Waals surface area contributed by atoms with Gasteiger partial charge in [-0.3, -0.25) is 4.79 Å². The van der Waals surface area contributed by atoms with Crippen molar-refractivity contribution >= 4 is 17.1 Å². The normalized spacial score (nSPS) is 9.31. The molecule has 0 saturated heterocycles. The minimum absolute atomic E-state index is 0.0187. The zero-order chi connectivity index (χ0) is 11.4. The van der Waals surface area contributed by atoms with Crippen LogP contribution in [0.4, 0.5) is 4.39 Å². The molecule has 0 aliphatic rings. The fourth-order valence-corrected chi connectivity index (χ4v) is 1.77. The maximum absolute atomic E-state index is 13.2. The molecule has 0 fully saturated rings. The molecule has 0 aliphatic heterocycles. The van der Waals surface area contributed by atoms with Crippen molar-refractivity contribution in [3.63, 3.8) is 0 Å². The Morgan fingerprint density at radius 1 is 1.25 bits per heavy atom. The van der Waals surface area contributed by atoms with Crippen LogP contribution in [-0.2, 0) is 0 Å². The summed E-state index contributed by atoms with van der Waals surface area (Å²) < 4.78 is 13.2. The van der Waals surface area contributed by atoms with Crippen LogP contribution in [0.1, 0.15) is 15.9 Å². The van der Waals surface area contributed by atoms with Gasteiger partial charge in [0.1, 0.15) is 5.82 Å². The number of benzene rings is 1. The van der Waals surface area contributed by atoms with E-state index < -0.39 is 11.6 Å². The molecule has 16 heavy (non-hydrogen) atoms. The Balaban J connectivity index is 2.24. The largest absolute Gasteiger partial charge is 0.279 e. The Kier molecular flexibility index (Phi) is 3.13. The van der Waals surface area contributed by atoms with Crippen LogP contribution >= 0.6 is 11.3 Å². The molecule has 1 aromatic heterocycles. The fourth-order valence-electron chi connectivity index (χ4n) is 1.18. The number of Topliss-reactive ketones (excluding diaryl/α,β-unsaturated/α-hetero) is 1. The summed E-state index contributed by atoms with van der Waals surface area (Å²) >= 11 is 1.50. The van der Waals surface area contributed by atoms with Gasteiger partial charge in [0.05, 0.1) is 5.56 Å². The van der Waals surface area contributed by atoms with Crippen molar-refractivity contribution in [1.29, 1.82) is 0 Å². The van der Waals surface area contributed by atoms with Crippen molar-refractivity contribution in [3.8, 4) is 11.8 Å². The lowest BCUT2D eigenvalue weighted by Gasteiger charge is -1.94. The van der Waals surface area contributed by atoms with E-state index in [9.17, 15) is 9.18 Å². The van der Waals surface area contributed by atoms with Gasteiger partial charge in [0, 0.05) is 10.9 Å². The van der Waals surface area contributed by atoms with Crippen molar-refractivity contribution in [2.45, 2.75) is 0 Å². The highest BCUT2D eigenvalue weighted by Gasteiger charge is 2.07. The molecule has 0 atom stereocenters. The summed E-state index contributed by atoms with van der Waals surface area (Å²) in [5.41, 5.74) is 0.792. The average Bonchev–Trinajstić information content (AvgIpc) is 2.79. The number of rotatable bonds is 1. The van der Waals surface area contributed by atoms with E-state index in [0.29, 0.717) is 0 Å². The molecule has 0 amide bonds. The molecule has 1 nitrogen and oxygen atoms in total. The van der Waals surface area contributed by atoms with Gasteiger partial charge in [-0.1, -0.05) is 18.1 Å². The first kappa shape index (κ1) is 10.6. The third-order valence-corrected chi connectivity index (χ3v) is 2.64. The highest BCUT2D eigenvalue weighted by atomic mass is 32.1. The number of halogens is 1. The standard InChI is InChI=1S/C13H7FOS/c14-12-4-2-1-3-11(12)13(15)6-5-10-7-8-16-9-10/h1-4,7-9H. The molecule has 0 aliphatic carbocycles. The fraction of sp³-hybridized carbons (Fsp3) is 0. The summed E-state index contributed by atoms with van der Waals surface area (Å²) in [6.45, 7) is 0. The van der Waals surface area contributed by atoms with Gasteiger partial charge in [-0.15, -0.1) is 0 Å². The zero-order valence-electron chi connectivity index (χ0n) is 8.24. The minimum Gasteiger partial charge on any atom is -0.279 e. The van der Waals surface area contributed by atoms with Crippen molar-refractivity contribution in [2.75, 3.05) is 0 Å². The molecular weight excluding hydrogens is 223 g/mol. The van der Waals surface area contributed by atoms with Crippen LogP contribution in [0.25, 0.3) is 0 Å². The van der Waals surface area contributed by atoms with E-state index in [1.165, 1.54) is 23.5 Å². The van der Waals surface area contributed by atoms with Gasteiger partial charge >= 0.3 is 0 Å². The Labute approximate surface area is 96.5 Å². The average molecular weight is 230 g/mol. The van der Waals surface area contributed by atoms with Gasteiger partial charge in [0.25, 0.3) is 0 Å². The Hall–Kier alpha value is -1.92. The Bertz CT molecular complexity index is 561. The van der Waals surface area contributed by atoms with E-state index in [-0.39, 0.29) is 5.56 Å². The summed E-state index contributed by atoms with van der Waals surface area (Å²) in [7, 11) is 0. The van der Waals surface area contributed by atoms with E-state index in [1.807, 2.05) is 16.8 Å². The number of hydrogen-bond donors (Lipinski definition) is 0. The topological polar surface area (TPSA) is 17.1 Å². The number of thiophene rings is 1. The maximum Gasteiger partial charge on any atom is 0.239 e. The smallest absolute Gasteiger partial charge is 0.239 e. The van der Waals surface area contributed by atoms with Crippen LogP contribution in [-0.4, -0.2) is 5.78 Å². The second-order valence-corrected chi connectivity index (χ2v) is 3.85. The van der Waals surface area contributed by atoms with Crippen molar-refractivity contribution in [1.82, 2.24) is 0 Å². The summed E-state index contributed by atoms with van der Waals surface area (Å²) in [4.78, 5) is 11.6. The van der Waals surface area contributed by atoms with Gasteiger partial charge in [0.15, 0.2) is 0 Å². The molecule has 0 spiro atoms. The minimum atomic E-state index is -0.535. The van der Waals surface area contributed by atoms with Gasteiger partial charge in [0.2, 0.25) is 5.78 Å². The first-order valence-electron chi connectivity index (χ1n) is 4.60. The lowest BCUT2D eigenvalue weighted by Crippen LogP contribution is -1.98. The Morgan fingerprint density at radius 2 is 2.06 bits per heavy atom. The first-order chi connectivity index (χ1) is 7.77. The monoisotopic (exact) mass is 230 g/mol. The number of carbonyl (C=O) groups is 1. The van der Waals surface area contributed by atoms with Crippen LogP contribution in [0, 0.1) is 17.7 Å². The zero-order valence-corrected chi connectivity index (χ0v) is 9.05. The van der Waals surface area contributed by atoms with E-state index in [0.717, 1.165) is 5.56 Å². The van der Waals surface area contributed by atoms with Gasteiger partial charge in [-0.05, 0) is 29.5 Å². The highest BCUT2D eigenvalue weighted by Crippen LogP contribution is 2.07. The molecule has 1 aromatic carbocycles. The molecule has 0 N–H and O–H groups in total. The van der Waals surface area contributed by atoms with E-state index in [2.05, 4.69) is 11.8 Å². The molecule has 0 bridgehead atoms. The molecule has 3 heteroatoms. The molecule has 0 unspecified atom stereocenters. The lowest BCUT2D eigenvalue weighted by atomic mass is 10.1. The summed E-state index contributed by atoms with van der Waals surface area (Å²) in [5, 5.41) is 3.71. The van der Waals surface area contributed by atoms with Crippen molar-refractivity contribution < 1.29 is 9.18 Å². The molecule has 78 valence electrons. The Morgan fingerprint density at radius 3 is 2.75 bits per heavy atom. The molecule has 2 aromatic rings. The third-order valence-electron chi connectivity index (χ3n) is 1.96. The van der Waals surface area contributed by atoms with Crippen LogP contribution in [0.15, 0.2) is 41.1 Å². The number of hydrogen-bond acceptors (Lipinski definition) is 2. The van der Waals surface area contributed by atoms with Gasteiger partial charge < -0.3 is 0 Å². The summed E-state index contributed by atoms with van der Waals surface area (Å²) in [6, 6.07) is 7.65. The molecule has 2 rings (SSSR count). The molecular formula is C13H7FOS. The predicted molar refractivity (Wildman–Crippen MR) is 61.9 cm³/mol. The second-order valence-electron chi connectivity index (χ2n) is 3.07. The van der Waals surface area contributed by atoms with Crippen LogP contribution in [0.3, 0.4) is 0 Å². The van der Waals surface area contributed by atoms with E-state index in [1.54, 1.807) is 12.1 Å². The molecule has 1 heterocycles. The molecule has 0 saturated carbocycles. The van der Waals surface area contributed by atoms with E-state index in [4.69, 9.17) is 0 Å². The SMILES string of the molecule is O=C(C#Cc1ccsc1)c1ccccc1F. The van der Waals surface area contributed by atoms with Crippen LogP contribution in [0.5, 0.6) is 0 Å². The van der Waals surface area contributed by atoms with Crippen molar-refractivity contribution in [3.05, 3.63) is 58.0 Å². The number of carbonyl (C=O) groups excluding carboxylic acids is 1. The van der Waals surface area contributed by atoms with Crippen LogP contribution < -0.4 is 0 Å². The maximum atomic E-state index is 13.2. The van der Waals surface area contributed by atoms with Gasteiger partial charge in [-0.2, -0.15) is 11.3 Å². The predicted octanol–water partition coefficient (Wildman–Crippen LogP) is 3.12. The van der Waals surface area contributed by atoms with E-state index >= 15 is 0 Å². The summed E-state index contributed by atoms with van der Waals surface area (Å²) in [5.74, 6) is 4.08. The lowest BCUT2D eigenvalue weighted by molar-refractivity contribution is 0.105. The van der Waals surface area contributed by atoms with Gasteiger partial charge in [-0.25, -0.2) is 4.39 Å². The second kappa shape index (κ2) is 4.73. The summed E-state index contributed by atoms with van der Waals surface area (Å²) in [6.07, 6.45) is 0.